The van der Waals surface area contributed by atoms with Crippen LogP contribution in [0.4, 0.5) is 11.4 Å². The highest BCUT2D eigenvalue weighted by Crippen LogP contribution is 2.19. The van der Waals surface area contributed by atoms with Gasteiger partial charge in [0.05, 0.1) is 19.8 Å². The average Bonchev–Trinajstić information content (AvgIpc) is 2.75. The molecule has 0 saturated carbocycles. The second-order valence-electron chi connectivity index (χ2n) is 8.25. The molecule has 0 spiro atoms. The minimum absolute atomic E-state index is 0.110. The average molecular weight is 427 g/mol. The Bertz CT molecular complexity index is 777. The van der Waals surface area contributed by atoms with Crippen molar-refractivity contribution in [1.29, 1.82) is 0 Å². The summed E-state index contributed by atoms with van der Waals surface area (Å²) in [4.78, 5) is 12.3. The van der Waals surface area contributed by atoms with Gasteiger partial charge in [0.25, 0.3) is 0 Å². The minimum atomic E-state index is -0.110. The summed E-state index contributed by atoms with van der Waals surface area (Å²) in [5.41, 5.74) is 1.60. The maximum absolute atomic E-state index is 12.3. The Morgan fingerprint density at radius 1 is 0.871 bits per heavy atom. The summed E-state index contributed by atoms with van der Waals surface area (Å²) >= 11 is 0. The van der Waals surface area contributed by atoms with E-state index in [1.807, 2.05) is 48.5 Å². The van der Waals surface area contributed by atoms with Crippen molar-refractivity contribution in [3.63, 3.8) is 0 Å². The molecule has 0 heterocycles. The highest BCUT2D eigenvalue weighted by atomic mass is 16.5. The van der Waals surface area contributed by atoms with Gasteiger partial charge in [-0.05, 0) is 43.0 Å². The third-order valence-electron chi connectivity index (χ3n) is 4.89. The van der Waals surface area contributed by atoms with E-state index in [0.29, 0.717) is 12.5 Å². The van der Waals surface area contributed by atoms with Gasteiger partial charge < -0.3 is 20.1 Å². The van der Waals surface area contributed by atoms with E-state index >= 15 is 0 Å². The zero-order valence-electron chi connectivity index (χ0n) is 19.3. The van der Waals surface area contributed by atoms with Gasteiger partial charge in [0.1, 0.15) is 11.5 Å². The van der Waals surface area contributed by atoms with Crippen LogP contribution < -0.4 is 20.1 Å². The lowest BCUT2D eigenvalue weighted by molar-refractivity contribution is -0.114. The summed E-state index contributed by atoms with van der Waals surface area (Å²) in [7, 11) is 0. The van der Waals surface area contributed by atoms with E-state index < -0.39 is 0 Å². The van der Waals surface area contributed by atoms with E-state index in [0.717, 1.165) is 42.3 Å². The molecule has 0 unspecified atom stereocenters. The Hall–Kier alpha value is -2.69. The minimum Gasteiger partial charge on any atom is -0.494 e. The van der Waals surface area contributed by atoms with Gasteiger partial charge in [-0.15, -0.1) is 0 Å². The fourth-order valence-corrected chi connectivity index (χ4v) is 3.06. The molecule has 0 aliphatic carbocycles. The molecule has 31 heavy (non-hydrogen) atoms. The number of carbonyl (C=O) groups is 1. The number of hydrogen-bond acceptors (Lipinski definition) is 4. The summed E-state index contributed by atoms with van der Waals surface area (Å²) in [5.74, 6) is 2.09. The van der Waals surface area contributed by atoms with Gasteiger partial charge >= 0.3 is 0 Å². The van der Waals surface area contributed by atoms with Gasteiger partial charge in [-0.1, -0.05) is 58.6 Å². The molecule has 0 aliphatic rings. The molecule has 0 aromatic heterocycles. The lowest BCUT2D eigenvalue weighted by Crippen LogP contribution is -2.21. The van der Waals surface area contributed by atoms with E-state index in [1.54, 1.807) is 0 Å². The quantitative estimate of drug-likeness (QED) is 0.319. The zero-order chi connectivity index (χ0) is 22.3. The van der Waals surface area contributed by atoms with Crippen molar-refractivity contribution in [3.05, 3.63) is 48.5 Å². The van der Waals surface area contributed by atoms with Crippen molar-refractivity contribution < 1.29 is 14.3 Å². The highest BCUT2D eigenvalue weighted by Gasteiger charge is 2.05. The van der Waals surface area contributed by atoms with E-state index in [2.05, 4.69) is 31.4 Å². The monoisotopic (exact) mass is 426 g/mol. The lowest BCUT2D eigenvalue weighted by Gasteiger charge is -2.12. The molecule has 2 aromatic rings. The van der Waals surface area contributed by atoms with E-state index in [1.165, 1.54) is 25.7 Å². The molecule has 0 radical (unpaired) electrons. The van der Waals surface area contributed by atoms with Crippen LogP contribution in [0, 0.1) is 5.92 Å². The van der Waals surface area contributed by atoms with Gasteiger partial charge in [0.2, 0.25) is 5.91 Å². The maximum atomic E-state index is 12.3. The fourth-order valence-electron chi connectivity index (χ4n) is 3.06. The molecule has 1 amide bonds. The van der Waals surface area contributed by atoms with E-state index in [9.17, 15) is 4.79 Å². The maximum Gasteiger partial charge on any atom is 0.243 e. The van der Waals surface area contributed by atoms with Gasteiger partial charge in [0, 0.05) is 23.5 Å². The van der Waals surface area contributed by atoms with E-state index in [-0.39, 0.29) is 12.5 Å². The second kappa shape index (κ2) is 14.3. The first kappa shape index (κ1) is 24.6. The molecule has 2 aromatic carbocycles. The van der Waals surface area contributed by atoms with Crippen molar-refractivity contribution in [2.45, 2.75) is 59.3 Å². The van der Waals surface area contributed by atoms with Crippen LogP contribution in [0.25, 0.3) is 0 Å². The van der Waals surface area contributed by atoms with Gasteiger partial charge in [-0.2, -0.15) is 0 Å². The number of ether oxygens (including phenoxy) is 2. The second-order valence-corrected chi connectivity index (χ2v) is 8.25. The molecular weight excluding hydrogens is 388 g/mol. The summed E-state index contributed by atoms with van der Waals surface area (Å²) < 4.78 is 11.6. The van der Waals surface area contributed by atoms with Crippen molar-refractivity contribution in [2.24, 2.45) is 5.92 Å². The highest BCUT2D eigenvalue weighted by molar-refractivity contribution is 5.93. The fraction of sp³-hybridized carbons (Fsp3) is 0.500. The normalized spacial score (nSPS) is 10.7. The van der Waals surface area contributed by atoms with Crippen LogP contribution in [-0.2, 0) is 4.79 Å². The molecule has 0 saturated heterocycles. The lowest BCUT2D eigenvalue weighted by atomic mass is 10.1. The topological polar surface area (TPSA) is 59.6 Å². The number of benzene rings is 2. The number of amides is 1. The first-order valence-electron chi connectivity index (χ1n) is 11.6. The summed E-state index contributed by atoms with van der Waals surface area (Å²) in [6.07, 6.45) is 7.08. The van der Waals surface area contributed by atoms with Gasteiger partial charge in [-0.25, -0.2) is 0 Å². The van der Waals surface area contributed by atoms with Gasteiger partial charge in [-0.3, -0.25) is 4.79 Å². The predicted molar refractivity (Wildman–Crippen MR) is 129 cm³/mol. The zero-order valence-corrected chi connectivity index (χ0v) is 19.3. The number of nitrogens with one attached hydrogen (secondary N) is 2. The molecule has 170 valence electrons. The van der Waals surface area contributed by atoms with Crippen molar-refractivity contribution in [2.75, 3.05) is 30.4 Å². The number of unbranched alkanes of at least 4 members (excludes halogenated alkanes) is 4. The summed E-state index contributed by atoms with van der Waals surface area (Å²) in [6, 6.07) is 15.3. The Kier molecular flexibility index (Phi) is 11.4. The molecule has 0 fully saturated rings. The van der Waals surface area contributed by atoms with E-state index in [4.69, 9.17) is 9.47 Å². The van der Waals surface area contributed by atoms with Crippen LogP contribution >= 0.6 is 0 Å². The molecule has 2 N–H and O–H groups in total. The number of rotatable bonds is 15. The van der Waals surface area contributed by atoms with Crippen LogP contribution in [0.5, 0.6) is 11.5 Å². The molecular formula is C26H38N2O3. The number of anilines is 2. The summed E-state index contributed by atoms with van der Waals surface area (Å²) in [6.45, 7) is 8.14. The first-order chi connectivity index (χ1) is 15.1. The molecule has 5 nitrogen and oxygen atoms in total. The van der Waals surface area contributed by atoms with Crippen LogP contribution in [0.3, 0.4) is 0 Å². The smallest absolute Gasteiger partial charge is 0.243 e. The molecule has 2 rings (SSSR count). The Morgan fingerprint density at radius 3 is 2.23 bits per heavy atom. The van der Waals surface area contributed by atoms with Gasteiger partial charge in [0.15, 0.2) is 0 Å². The molecule has 5 heteroatoms. The Balaban J connectivity index is 1.73. The van der Waals surface area contributed by atoms with Crippen molar-refractivity contribution in [3.8, 4) is 11.5 Å². The van der Waals surface area contributed by atoms with Crippen LogP contribution in [-0.4, -0.2) is 25.7 Å². The number of carbonyl (C=O) groups excluding carboxylic acids is 1. The Morgan fingerprint density at radius 2 is 1.52 bits per heavy atom. The largest absolute Gasteiger partial charge is 0.494 e. The Labute approximate surface area is 187 Å². The first-order valence-corrected chi connectivity index (χ1v) is 11.6. The predicted octanol–water partition coefficient (Wildman–Crippen LogP) is 6.51. The molecule has 0 aliphatic heterocycles. The van der Waals surface area contributed by atoms with Crippen LogP contribution in [0.15, 0.2) is 48.5 Å². The van der Waals surface area contributed by atoms with Crippen molar-refractivity contribution in [1.82, 2.24) is 0 Å². The summed E-state index contributed by atoms with van der Waals surface area (Å²) in [5, 5.41) is 6.07. The van der Waals surface area contributed by atoms with Crippen LogP contribution in [0.2, 0.25) is 0 Å². The van der Waals surface area contributed by atoms with Crippen molar-refractivity contribution >= 4 is 17.3 Å². The third-order valence-corrected chi connectivity index (χ3v) is 4.89. The number of hydrogen-bond donors (Lipinski definition) is 2. The SMILES string of the molecule is CCCCCCCOc1cccc(NCC(=O)Nc2cccc(OCCC(C)C)c2)c1. The standard InChI is InChI=1S/C26H38N2O3/c1-4-5-6-7-8-16-30-24-13-9-11-22(18-24)27-20-26(29)28-23-12-10-14-25(19-23)31-17-15-21(2)3/h9-14,18-19,21,27H,4-8,15-17,20H2,1-3H3,(H,28,29). The molecule has 0 bridgehead atoms. The molecule has 0 atom stereocenters. The van der Waals surface area contributed by atoms with Crippen LogP contribution in [0.1, 0.15) is 59.3 Å². The third kappa shape index (κ3) is 10.8.